The van der Waals surface area contributed by atoms with Crippen molar-refractivity contribution in [1.29, 1.82) is 0 Å². The van der Waals surface area contributed by atoms with E-state index < -0.39 is 0 Å². The molecule has 0 N–H and O–H groups in total. The van der Waals surface area contributed by atoms with E-state index in [1.165, 1.54) is 0 Å². The summed E-state index contributed by atoms with van der Waals surface area (Å²) in [6, 6.07) is 0. The van der Waals surface area contributed by atoms with Crippen LogP contribution < -0.4 is 0 Å². The van der Waals surface area contributed by atoms with E-state index in [-0.39, 0.29) is 0 Å². The Balaban J connectivity index is 1.22. The van der Waals surface area contributed by atoms with Crippen molar-refractivity contribution < 1.29 is 0 Å². The smallest absolute Gasteiger partial charge is 0.181 e. The average molecular weight is 427 g/mol. The summed E-state index contributed by atoms with van der Waals surface area (Å²) in [4.78, 5) is 0. The third-order valence-electron chi connectivity index (χ3n) is 3.53. The van der Waals surface area contributed by atoms with Crippen LogP contribution in [-0.2, 0) is 0 Å². The molecule has 2 aliphatic rings. The Labute approximate surface area is 168 Å². The number of nitrogens with zero attached hydrogens (tertiary/aromatic N) is 8. The molecule has 0 amide bonds. The minimum Gasteiger partial charge on any atom is -0.181 e. The number of aromatic nitrogens is 6. The van der Waals surface area contributed by atoms with E-state index in [9.17, 15) is 0 Å². The molecule has 8 nitrogen and oxygen atoms in total. The van der Waals surface area contributed by atoms with E-state index >= 15 is 0 Å². The van der Waals surface area contributed by atoms with Crippen molar-refractivity contribution in [2.75, 3.05) is 23.0 Å². The Hall–Kier alpha value is -0.980. The zero-order chi connectivity index (χ0) is 17.9. The van der Waals surface area contributed by atoms with E-state index in [1.54, 1.807) is 47.0 Å². The molecule has 2 aromatic rings. The molecule has 4 rings (SSSR count). The van der Waals surface area contributed by atoms with Gasteiger partial charge in [-0.2, -0.15) is 19.6 Å². The summed E-state index contributed by atoms with van der Waals surface area (Å²) < 4.78 is 3.73. The van der Waals surface area contributed by atoms with E-state index in [0.29, 0.717) is 0 Å². The summed E-state index contributed by atoms with van der Waals surface area (Å²) in [6.45, 7) is 4.07. The predicted octanol–water partition coefficient (Wildman–Crippen LogP) is 3.19. The quantitative estimate of drug-likeness (QED) is 0.493. The zero-order valence-electron chi connectivity index (χ0n) is 14.5. The Kier molecular flexibility index (Phi) is 5.91. The first-order chi connectivity index (χ1) is 12.7. The lowest BCUT2D eigenvalue weighted by molar-refractivity contribution is 0.690. The van der Waals surface area contributed by atoms with Gasteiger partial charge in [-0.15, -0.1) is 20.4 Å². The number of rotatable bonds is 7. The first-order valence-corrected chi connectivity index (χ1v) is 12.2. The number of fused-ring (bicyclic) bond motifs is 2. The third-order valence-corrected chi connectivity index (χ3v) is 7.69. The molecule has 0 atom stereocenters. The van der Waals surface area contributed by atoms with Crippen molar-refractivity contribution in [3.63, 3.8) is 0 Å². The largest absolute Gasteiger partial charge is 0.213 e. The SMILES string of the molecule is CC1=Nn2c(SCCCCSc3nnc4n3N=C(C)CS4)nnc2SC1. The Morgan fingerprint density at radius 2 is 1.23 bits per heavy atom. The van der Waals surface area contributed by atoms with Crippen molar-refractivity contribution >= 4 is 58.5 Å². The van der Waals surface area contributed by atoms with Crippen LogP contribution in [0.3, 0.4) is 0 Å². The average Bonchev–Trinajstić information content (AvgIpc) is 3.21. The van der Waals surface area contributed by atoms with Gasteiger partial charge in [0.15, 0.2) is 0 Å². The molecule has 0 aliphatic carbocycles. The number of hydrogen-bond donors (Lipinski definition) is 0. The molecule has 4 heterocycles. The lowest BCUT2D eigenvalue weighted by Crippen LogP contribution is -2.08. The van der Waals surface area contributed by atoms with Crippen molar-refractivity contribution in [1.82, 2.24) is 29.7 Å². The molecule has 2 aromatic heterocycles. The molecule has 0 aromatic carbocycles. The first kappa shape index (κ1) is 18.4. The zero-order valence-corrected chi connectivity index (χ0v) is 17.7. The third kappa shape index (κ3) is 4.12. The highest BCUT2D eigenvalue weighted by Crippen LogP contribution is 2.28. The Bertz CT molecular complexity index is 785. The molecule has 0 spiro atoms. The van der Waals surface area contributed by atoms with Crippen molar-refractivity contribution in [3.8, 4) is 0 Å². The van der Waals surface area contributed by atoms with Gasteiger partial charge in [0, 0.05) is 34.4 Å². The number of thioether (sulfide) groups is 4. The molecule has 26 heavy (non-hydrogen) atoms. The molecular weight excluding hydrogens is 408 g/mol. The van der Waals surface area contributed by atoms with E-state index in [1.807, 2.05) is 23.2 Å². The number of unbranched alkanes of at least 4 members (excludes halogenated alkanes) is 1. The van der Waals surface area contributed by atoms with Gasteiger partial charge in [0.25, 0.3) is 0 Å². The first-order valence-electron chi connectivity index (χ1n) is 8.21. The van der Waals surface area contributed by atoms with E-state index in [4.69, 9.17) is 0 Å². The van der Waals surface area contributed by atoms with Crippen LogP contribution >= 0.6 is 47.0 Å². The van der Waals surface area contributed by atoms with Gasteiger partial charge in [0.1, 0.15) is 0 Å². The van der Waals surface area contributed by atoms with Crippen molar-refractivity contribution in [3.05, 3.63) is 0 Å². The number of hydrogen-bond acceptors (Lipinski definition) is 10. The van der Waals surface area contributed by atoms with Gasteiger partial charge in [-0.3, -0.25) is 0 Å². The van der Waals surface area contributed by atoms with Crippen LogP contribution in [0.5, 0.6) is 0 Å². The van der Waals surface area contributed by atoms with E-state index in [0.717, 1.165) is 67.9 Å². The van der Waals surface area contributed by atoms with Gasteiger partial charge < -0.3 is 0 Å². The maximum absolute atomic E-state index is 4.53. The predicted molar refractivity (Wildman–Crippen MR) is 109 cm³/mol. The van der Waals surface area contributed by atoms with Crippen LogP contribution in [0.4, 0.5) is 0 Å². The molecule has 0 bridgehead atoms. The lowest BCUT2D eigenvalue weighted by Gasteiger charge is -2.10. The summed E-state index contributed by atoms with van der Waals surface area (Å²) in [5.41, 5.74) is 2.21. The fourth-order valence-electron chi connectivity index (χ4n) is 2.30. The maximum atomic E-state index is 4.53. The standard InChI is InChI=1S/C14H18N8S4/c1-9-7-25-13-17-15-11(21(13)19-9)23-5-3-4-6-24-12-16-18-14-22(12)20-10(2)8-26-14/h3-8H2,1-2H3. The molecule has 0 radical (unpaired) electrons. The van der Waals surface area contributed by atoms with E-state index in [2.05, 4.69) is 30.6 Å². The topological polar surface area (TPSA) is 86.1 Å². The Morgan fingerprint density at radius 1 is 0.769 bits per heavy atom. The van der Waals surface area contributed by atoms with Crippen LogP contribution in [0.15, 0.2) is 30.8 Å². The van der Waals surface area contributed by atoms with Gasteiger partial charge in [0.2, 0.25) is 20.6 Å². The van der Waals surface area contributed by atoms with Gasteiger partial charge >= 0.3 is 0 Å². The monoisotopic (exact) mass is 426 g/mol. The van der Waals surface area contributed by atoms with Gasteiger partial charge in [-0.1, -0.05) is 47.0 Å². The second-order valence-corrected chi connectivity index (χ2v) is 9.81. The van der Waals surface area contributed by atoms with Gasteiger partial charge in [-0.05, 0) is 26.7 Å². The highest BCUT2D eigenvalue weighted by Gasteiger charge is 2.18. The Morgan fingerprint density at radius 3 is 1.69 bits per heavy atom. The highest BCUT2D eigenvalue weighted by atomic mass is 32.2. The summed E-state index contributed by atoms with van der Waals surface area (Å²) in [5.74, 6) is 3.80. The van der Waals surface area contributed by atoms with Crippen LogP contribution in [0.1, 0.15) is 26.7 Å². The maximum Gasteiger partial charge on any atom is 0.213 e. The fourth-order valence-corrected chi connectivity index (χ4v) is 5.67. The minimum atomic E-state index is 0.882. The second kappa shape index (κ2) is 8.36. The van der Waals surface area contributed by atoms with Crippen molar-refractivity contribution in [2.45, 2.75) is 47.3 Å². The van der Waals surface area contributed by atoms with Crippen LogP contribution in [0.2, 0.25) is 0 Å². The molecule has 0 fully saturated rings. The van der Waals surface area contributed by atoms with Crippen LogP contribution in [0.25, 0.3) is 0 Å². The summed E-state index contributed by atoms with van der Waals surface area (Å²) >= 11 is 6.81. The molecule has 12 heteroatoms. The molecule has 0 saturated carbocycles. The highest BCUT2D eigenvalue weighted by molar-refractivity contribution is 8.00. The summed E-state index contributed by atoms with van der Waals surface area (Å²) in [6.07, 6.45) is 2.21. The second-order valence-electron chi connectivity index (χ2n) is 5.81. The minimum absolute atomic E-state index is 0.882. The van der Waals surface area contributed by atoms with Crippen molar-refractivity contribution in [2.24, 2.45) is 10.2 Å². The summed E-state index contributed by atoms with van der Waals surface area (Å²) in [5, 5.41) is 29.5. The molecule has 138 valence electrons. The van der Waals surface area contributed by atoms with Gasteiger partial charge in [-0.25, -0.2) is 0 Å². The fraction of sp³-hybridized carbons (Fsp3) is 0.571. The molecule has 0 unspecified atom stereocenters. The van der Waals surface area contributed by atoms with Crippen LogP contribution in [0, 0.1) is 0 Å². The molecule has 0 saturated heterocycles. The molecular formula is C14H18N8S4. The van der Waals surface area contributed by atoms with Crippen LogP contribution in [-0.4, -0.2) is 64.2 Å². The summed E-state index contributed by atoms with van der Waals surface area (Å²) in [7, 11) is 0. The lowest BCUT2D eigenvalue weighted by atomic mass is 10.4. The normalized spacial score (nSPS) is 16.1. The van der Waals surface area contributed by atoms with Gasteiger partial charge in [0.05, 0.1) is 0 Å². The molecule has 2 aliphatic heterocycles.